The average molecular weight is 298 g/mol. The van der Waals surface area contributed by atoms with Crippen LogP contribution in [0.3, 0.4) is 0 Å². The number of carbonyl (C=O) groups excluding carboxylic acids is 1. The van der Waals surface area contributed by atoms with Crippen molar-refractivity contribution in [3.8, 4) is 0 Å². The minimum absolute atomic E-state index is 0.0770. The van der Waals surface area contributed by atoms with Gasteiger partial charge in [-0.25, -0.2) is 0 Å². The topological polar surface area (TPSA) is 60.0 Å². The predicted octanol–water partition coefficient (Wildman–Crippen LogP) is 0.161. The first-order chi connectivity index (χ1) is 10.3. The molecule has 3 fully saturated rings. The van der Waals surface area contributed by atoms with Crippen molar-refractivity contribution < 1.29 is 19.0 Å². The zero-order valence-corrected chi connectivity index (χ0v) is 12.6. The summed E-state index contributed by atoms with van der Waals surface area (Å²) in [6.07, 6.45) is 4.25. The van der Waals surface area contributed by atoms with E-state index in [1.54, 1.807) is 0 Å². The summed E-state index contributed by atoms with van der Waals surface area (Å²) in [5.41, 5.74) is 0. The standard InChI is InChI=1S/C15H26N2O4/c18-15(14-9-16-5-8-21-14)17(10-12-3-1-6-19-12)11-13-4-2-7-20-13/h12-14,16H,1-11H2. The lowest BCUT2D eigenvalue weighted by Crippen LogP contribution is -2.52. The summed E-state index contributed by atoms with van der Waals surface area (Å²) in [4.78, 5) is 14.6. The number of rotatable bonds is 5. The number of carbonyl (C=O) groups is 1. The van der Waals surface area contributed by atoms with E-state index in [1.807, 2.05) is 4.90 Å². The van der Waals surface area contributed by atoms with E-state index in [2.05, 4.69) is 5.32 Å². The molecule has 3 rings (SSSR count). The molecule has 3 unspecified atom stereocenters. The molecule has 0 aromatic carbocycles. The molecule has 3 aliphatic heterocycles. The van der Waals surface area contributed by atoms with Gasteiger partial charge in [0.15, 0.2) is 0 Å². The summed E-state index contributed by atoms with van der Waals surface area (Å²) in [6, 6.07) is 0. The highest BCUT2D eigenvalue weighted by molar-refractivity contribution is 5.81. The Morgan fingerprint density at radius 2 is 1.67 bits per heavy atom. The van der Waals surface area contributed by atoms with Crippen LogP contribution >= 0.6 is 0 Å². The van der Waals surface area contributed by atoms with Gasteiger partial charge in [0.2, 0.25) is 0 Å². The fourth-order valence-corrected chi connectivity index (χ4v) is 3.25. The summed E-state index contributed by atoms with van der Waals surface area (Å²) in [5, 5.41) is 3.22. The summed E-state index contributed by atoms with van der Waals surface area (Å²) < 4.78 is 17.0. The predicted molar refractivity (Wildman–Crippen MR) is 77.1 cm³/mol. The zero-order chi connectivity index (χ0) is 14.5. The van der Waals surface area contributed by atoms with Gasteiger partial charge in [-0.2, -0.15) is 0 Å². The lowest BCUT2D eigenvalue weighted by atomic mass is 10.1. The Morgan fingerprint density at radius 3 is 2.14 bits per heavy atom. The molecule has 1 amide bonds. The monoisotopic (exact) mass is 298 g/mol. The van der Waals surface area contributed by atoms with Crippen molar-refractivity contribution in [2.75, 3.05) is 46.0 Å². The molecule has 0 radical (unpaired) electrons. The van der Waals surface area contributed by atoms with Crippen molar-refractivity contribution in [2.24, 2.45) is 0 Å². The highest BCUT2D eigenvalue weighted by atomic mass is 16.5. The van der Waals surface area contributed by atoms with E-state index in [0.29, 0.717) is 26.2 Å². The van der Waals surface area contributed by atoms with Crippen LogP contribution in [0.25, 0.3) is 0 Å². The number of nitrogens with zero attached hydrogens (tertiary/aromatic N) is 1. The van der Waals surface area contributed by atoms with Crippen LogP contribution in [0.2, 0.25) is 0 Å². The lowest BCUT2D eigenvalue weighted by molar-refractivity contribution is -0.148. The van der Waals surface area contributed by atoms with E-state index in [4.69, 9.17) is 14.2 Å². The van der Waals surface area contributed by atoms with Crippen molar-refractivity contribution >= 4 is 5.91 Å². The third kappa shape index (κ3) is 4.16. The number of ether oxygens (including phenoxy) is 3. The Kier molecular flexibility index (Phi) is 5.46. The molecule has 3 atom stereocenters. The van der Waals surface area contributed by atoms with Crippen molar-refractivity contribution in [3.05, 3.63) is 0 Å². The van der Waals surface area contributed by atoms with Gasteiger partial charge in [-0.3, -0.25) is 4.79 Å². The minimum Gasteiger partial charge on any atom is -0.376 e. The summed E-state index contributed by atoms with van der Waals surface area (Å²) >= 11 is 0. The number of hydrogen-bond acceptors (Lipinski definition) is 5. The highest BCUT2D eigenvalue weighted by Crippen LogP contribution is 2.18. The second kappa shape index (κ2) is 7.54. The van der Waals surface area contributed by atoms with Gasteiger partial charge in [0.05, 0.1) is 18.8 Å². The second-order valence-electron chi connectivity index (χ2n) is 6.08. The van der Waals surface area contributed by atoms with E-state index < -0.39 is 0 Å². The highest BCUT2D eigenvalue weighted by Gasteiger charge is 2.32. The second-order valence-corrected chi connectivity index (χ2v) is 6.08. The van der Waals surface area contributed by atoms with E-state index >= 15 is 0 Å². The average Bonchev–Trinajstić information content (AvgIpc) is 3.20. The van der Waals surface area contributed by atoms with E-state index in [1.165, 1.54) is 0 Å². The van der Waals surface area contributed by atoms with Crippen LogP contribution in [0.4, 0.5) is 0 Å². The molecule has 0 saturated carbocycles. The molecule has 120 valence electrons. The van der Waals surface area contributed by atoms with Gasteiger partial charge < -0.3 is 24.4 Å². The molecule has 3 saturated heterocycles. The van der Waals surface area contributed by atoms with Crippen LogP contribution < -0.4 is 5.32 Å². The molecule has 21 heavy (non-hydrogen) atoms. The van der Waals surface area contributed by atoms with E-state index in [-0.39, 0.29) is 24.2 Å². The van der Waals surface area contributed by atoms with Crippen LogP contribution in [0, 0.1) is 0 Å². The van der Waals surface area contributed by atoms with Crippen LogP contribution in [-0.2, 0) is 19.0 Å². The maximum atomic E-state index is 12.7. The maximum absolute atomic E-state index is 12.7. The Labute approximate surface area is 126 Å². The van der Waals surface area contributed by atoms with Gasteiger partial charge in [-0.1, -0.05) is 0 Å². The van der Waals surface area contributed by atoms with Crippen LogP contribution in [0.1, 0.15) is 25.7 Å². The third-order valence-corrected chi connectivity index (χ3v) is 4.41. The SMILES string of the molecule is O=C(C1CNCCO1)N(CC1CCCO1)CC1CCCO1. The van der Waals surface area contributed by atoms with Gasteiger partial charge in [-0.05, 0) is 25.7 Å². The molecule has 3 aliphatic rings. The Morgan fingerprint density at radius 1 is 1.00 bits per heavy atom. The van der Waals surface area contributed by atoms with Gasteiger partial charge in [-0.15, -0.1) is 0 Å². The van der Waals surface area contributed by atoms with Crippen molar-refractivity contribution in [3.63, 3.8) is 0 Å². The van der Waals surface area contributed by atoms with Crippen molar-refractivity contribution in [1.82, 2.24) is 10.2 Å². The fraction of sp³-hybridized carbons (Fsp3) is 0.933. The summed E-state index contributed by atoms with van der Waals surface area (Å²) in [5.74, 6) is 0.0770. The van der Waals surface area contributed by atoms with Gasteiger partial charge in [0.1, 0.15) is 6.10 Å². The lowest BCUT2D eigenvalue weighted by Gasteiger charge is -2.32. The molecule has 3 heterocycles. The summed E-state index contributed by atoms with van der Waals surface area (Å²) in [7, 11) is 0. The zero-order valence-electron chi connectivity index (χ0n) is 12.6. The molecule has 0 bridgehead atoms. The first kappa shape index (κ1) is 15.2. The van der Waals surface area contributed by atoms with Crippen molar-refractivity contribution in [2.45, 2.75) is 44.0 Å². The number of nitrogens with one attached hydrogen (secondary N) is 1. The van der Waals surface area contributed by atoms with Crippen LogP contribution in [0.15, 0.2) is 0 Å². The Balaban J connectivity index is 1.59. The van der Waals surface area contributed by atoms with Gasteiger partial charge in [0, 0.05) is 39.4 Å². The Bertz CT molecular complexity index is 317. The smallest absolute Gasteiger partial charge is 0.253 e. The van der Waals surface area contributed by atoms with Crippen LogP contribution in [-0.4, -0.2) is 75.1 Å². The number of hydrogen-bond donors (Lipinski definition) is 1. The quantitative estimate of drug-likeness (QED) is 0.783. The van der Waals surface area contributed by atoms with E-state index in [0.717, 1.165) is 45.4 Å². The fourth-order valence-electron chi connectivity index (χ4n) is 3.25. The molecule has 0 aromatic heterocycles. The number of amides is 1. The number of morpholine rings is 1. The molecule has 6 heteroatoms. The molecule has 0 aliphatic carbocycles. The van der Waals surface area contributed by atoms with Gasteiger partial charge in [0.25, 0.3) is 5.91 Å². The largest absolute Gasteiger partial charge is 0.376 e. The normalized spacial score (nSPS) is 33.2. The maximum Gasteiger partial charge on any atom is 0.253 e. The molecular weight excluding hydrogens is 272 g/mol. The first-order valence-corrected chi connectivity index (χ1v) is 8.17. The van der Waals surface area contributed by atoms with Gasteiger partial charge >= 0.3 is 0 Å². The van der Waals surface area contributed by atoms with Crippen LogP contribution in [0.5, 0.6) is 0 Å². The molecule has 0 aromatic rings. The minimum atomic E-state index is -0.360. The third-order valence-electron chi connectivity index (χ3n) is 4.41. The van der Waals surface area contributed by atoms with E-state index in [9.17, 15) is 4.79 Å². The Hall–Kier alpha value is -0.690. The molecule has 6 nitrogen and oxygen atoms in total. The first-order valence-electron chi connectivity index (χ1n) is 8.17. The molecular formula is C15H26N2O4. The van der Waals surface area contributed by atoms with Crippen molar-refractivity contribution in [1.29, 1.82) is 0 Å². The molecule has 0 spiro atoms. The summed E-state index contributed by atoms with van der Waals surface area (Å²) in [6.45, 7) is 4.98. The molecule has 1 N–H and O–H groups in total.